The number of benzene rings is 2. The first-order valence-corrected chi connectivity index (χ1v) is 9.90. The monoisotopic (exact) mass is 426 g/mol. The molecule has 156 valence electrons. The molecule has 0 radical (unpaired) electrons. The fraction of sp³-hybridized carbons (Fsp3) is 0.304. The molecule has 2 N–H and O–H groups in total. The van der Waals surface area contributed by atoms with Crippen LogP contribution < -0.4 is 36.9 Å². The van der Waals surface area contributed by atoms with E-state index in [0.717, 1.165) is 63.4 Å². The summed E-state index contributed by atoms with van der Waals surface area (Å²) in [6, 6.07) is 9.88. The van der Waals surface area contributed by atoms with E-state index in [-0.39, 0.29) is 18.2 Å². The number of rotatable bonds is 3. The van der Waals surface area contributed by atoms with Gasteiger partial charge < -0.3 is 31.9 Å². The molecular formula is C23H23ClN2O4. The van der Waals surface area contributed by atoms with Gasteiger partial charge in [0, 0.05) is 30.7 Å². The number of ether oxygens (including phenoxy) is 3. The molecule has 0 spiro atoms. The molecule has 0 unspecified atom stereocenters. The van der Waals surface area contributed by atoms with Gasteiger partial charge in [0.05, 0.1) is 24.2 Å². The number of anilines is 2. The van der Waals surface area contributed by atoms with Gasteiger partial charge in [-0.05, 0) is 31.0 Å². The van der Waals surface area contributed by atoms with Crippen molar-refractivity contribution >= 4 is 28.1 Å². The summed E-state index contributed by atoms with van der Waals surface area (Å²) in [6.07, 6.45) is 2.26. The van der Waals surface area contributed by atoms with Crippen molar-refractivity contribution in [1.29, 1.82) is 0 Å². The molecule has 1 aliphatic carbocycles. The minimum absolute atomic E-state index is 0. The van der Waals surface area contributed by atoms with E-state index in [9.17, 15) is 4.79 Å². The van der Waals surface area contributed by atoms with Gasteiger partial charge in [-0.15, -0.1) is 0 Å². The number of fused-ring (bicyclic) bond motifs is 3. The van der Waals surface area contributed by atoms with Crippen molar-refractivity contribution < 1.29 is 36.4 Å². The van der Waals surface area contributed by atoms with Gasteiger partial charge >= 0.3 is 0 Å². The van der Waals surface area contributed by atoms with Crippen molar-refractivity contribution in [2.45, 2.75) is 26.2 Å². The standard InChI is InChI=1S/C23H22N2O4.ClH/c1-13-8-14(10-15(9-13)27-2)24-23-16-11-20-21(29-7-6-28-20)12-18(16)25-17-4-3-5-19(26)22(17)23;/h8-12H,3-7H2,1-2H3,(H,24,25);1H. The van der Waals surface area contributed by atoms with Crippen molar-refractivity contribution in [3.63, 3.8) is 0 Å². The van der Waals surface area contributed by atoms with E-state index < -0.39 is 0 Å². The van der Waals surface area contributed by atoms with Crippen molar-refractivity contribution in [2.24, 2.45) is 0 Å². The van der Waals surface area contributed by atoms with Crippen molar-refractivity contribution in [2.75, 3.05) is 25.6 Å². The number of carbonyl (C=O) groups excluding carboxylic acids is 1. The topological polar surface area (TPSA) is 70.9 Å². The Morgan fingerprint density at radius 1 is 1.03 bits per heavy atom. The number of nitrogens with one attached hydrogen (secondary N) is 2. The van der Waals surface area contributed by atoms with E-state index in [1.165, 1.54) is 0 Å². The van der Waals surface area contributed by atoms with Crippen molar-refractivity contribution in [3.05, 3.63) is 47.2 Å². The average Bonchev–Trinajstić information content (AvgIpc) is 2.72. The van der Waals surface area contributed by atoms with E-state index in [1.807, 2.05) is 37.3 Å². The molecular weight excluding hydrogens is 404 g/mol. The zero-order valence-electron chi connectivity index (χ0n) is 16.9. The first kappa shape index (κ1) is 20.3. The Kier molecular flexibility index (Phi) is 5.43. The van der Waals surface area contributed by atoms with Crippen LogP contribution in [0.15, 0.2) is 30.3 Å². The largest absolute Gasteiger partial charge is 1.00 e. The molecule has 3 aromatic rings. The molecule has 0 bridgehead atoms. The van der Waals surface area contributed by atoms with Crippen molar-refractivity contribution in [1.82, 2.24) is 0 Å². The zero-order chi connectivity index (χ0) is 20.0. The molecule has 0 amide bonds. The molecule has 6 nitrogen and oxygen atoms in total. The normalized spacial score (nSPS) is 14.7. The second-order valence-electron chi connectivity index (χ2n) is 7.54. The van der Waals surface area contributed by atoms with Gasteiger partial charge in [-0.25, -0.2) is 4.98 Å². The lowest BCUT2D eigenvalue weighted by Gasteiger charge is -2.21. The summed E-state index contributed by atoms with van der Waals surface area (Å²) in [6.45, 7) is 3.08. The third-order valence-corrected chi connectivity index (χ3v) is 5.45. The minimum Gasteiger partial charge on any atom is -1.00 e. The number of carbonyl (C=O) groups is 1. The molecule has 7 heteroatoms. The molecule has 2 aromatic carbocycles. The summed E-state index contributed by atoms with van der Waals surface area (Å²) in [5, 5.41) is 4.42. The highest BCUT2D eigenvalue weighted by Gasteiger charge is 2.30. The van der Waals surface area contributed by atoms with Gasteiger partial charge in [0.25, 0.3) is 0 Å². The number of methoxy groups -OCH3 is 1. The van der Waals surface area contributed by atoms with E-state index in [4.69, 9.17) is 14.2 Å². The SMILES string of the molecule is COc1cc(C)cc(Nc2c3c([nH+]c4cc5c(cc24)OCCO5)CCCC3=O)c1.[Cl-]. The first-order valence-electron chi connectivity index (χ1n) is 9.90. The fourth-order valence-electron chi connectivity index (χ4n) is 4.17. The van der Waals surface area contributed by atoms with E-state index in [0.29, 0.717) is 25.4 Å². The average molecular weight is 427 g/mol. The van der Waals surface area contributed by atoms with Crippen LogP contribution in [0.3, 0.4) is 0 Å². The molecule has 0 saturated carbocycles. The summed E-state index contributed by atoms with van der Waals surface area (Å²) >= 11 is 0. The smallest absolute Gasteiger partial charge is 0.217 e. The van der Waals surface area contributed by atoms with Crippen LogP contribution in [-0.4, -0.2) is 26.1 Å². The number of H-pyrrole nitrogens is 1. The number of pyridine rings is 1. The molecule has 2 heterocycles. The molecule has 2 aliphatic rings. The summed E-state index contributed by atoms with van der Waals surface area (Å²) in [4.78, 5) is 16.3. The lowest BCUT2D eigenvalue weighted by molar-refractivity contribution is -0.358. The number of aromatic amines is 1. The lowest BCUT2D eigenvalue weighted by atomic mass is 9.91. The lowest BCUT2D eigenvalue weighted by Crippen LogP contribution is -3.00. The predicted molar refractivity (Wildman–Crippen MR) is 110 cm³/mol. The third kappa shape index (κ3) is 3.52. The highest BCUT2D eigenvalue weighted by Crippen LogP contribution is 2.40. The van der Waals surface area contributed by atoms with Crippen LogP contribution in [0.2, 0.25) is 0 Å². The van der Waals surface area contributed by atoms with E-state index >= 15 is 0 Å². The number of aromatic nitrogens is 1. The van der Waals surface area contributed by atoms with Gasteiger partial charge in [0.15, 0.2) is 23.0 Å². The van der Waals surface area contributed by atoms with Crippen LogP contribution in [0, 0.1) is 6.92 Å². The summed E-state index contributed by atoms with van der Waals surface area (Å²) in [7, 11) is 1.65. The highest BCUT2D eigenvalue weighted by atomic mass is 35.5. The van der Waals surface area contributed by atoms with Gasteiger partial charge in [-0.1, -0.05) is 0 Å². The minimum atomic E-state index is 0. The summed E-state index contributed by atoms with van der Waals surface area (Å²) in [5.41, 5.74) is 5.39. The Hall–Kier alpha value is -2.99. The molecule has 5 rings (SSSR count). The molecule has 0 atom stereocenters. The van der Waals surface area contributed by atoms with Crippen LogP contribution in [0.5, 0.6) is 17.2 Å². The first-order chi connectivity index (χ1) is 14.1. The second-order valence-corrected chi connectivity index (χ2v) is 7.54. The Labute approximate surface area is 181 Å². The number of Topliss-reactive ketones (excluding diaryl/α,β-unsaturated/α-hetero) is 1. The van der Waals surface area contributed by atoms with Crippen molar-refractivity contribution in [3.8, 4) is 17.2 Å². The fourth-order valence-corrected chi connectivity index (χ4v) is 4.17. The number of ketones is 1. The van der Waals surface area contributed by atoms with Gasteiger partial charge in [0.1, 0.15) is 24.5 Å². The number of hydrogen-bond donors (Lipinski definition) is 1. The maximum absolute atomic E-state index is 12.9. The molecule has 0 saturated heterocycles. The van der Waals surface area contributed by atoms with Crippen LogP contribution in [0.25, 0.3) is 10.9 Å². The summed E-state index contributed by atoms with van der Waals surface area (Å²) < 4.78 is 17.0. The predicted octanol–water partition coefficient (Wildman–Crippen LogP) is 1.01. The highest BCUT2D eigenvalue weighted by molar-refractivity contribution is 6.10. The van der Waals surface area contributed by atoms with Crippen LogP contribution >= 0.6 is 0 Å². The number of aryl methyl sites for hydroxylation is 2. The maximum atomic E-state index is 12.9. The molecule has 1 aromatic heterocycles. The second kappa shape index (κ2) is 8.03. The Morgan fingerprint density at radius 3 is 2.57 bits per heavy atom. The van der Waals surface area contributed by atoms with E-state index in [2.05, 4.69) is 10.3 Å². The van der Waals surface area contributed by atoms with Crippen LogP contribution in [0.4, 0.5) is 11.4 Å². The number of hydrogen-bond acceptors (Lipinski definition) is 5. The Morgan fingerprint density at radius 2 is 1.80 bits per heavy atom. The molecule has 1 aliphatic heterocycles. The van der Waals surface area contributed by atoms with Crippen LogP contribution in [0.1, 0.15) is 34.5 Å². The maximum Gasteiger partial charge on any atom is 0.217 e. The van der Waals surface area contributed by atoms with Gasteiger partial charge in [-0.2, -0.15) is 0 Å². The quantitative estimate of drug-likeness (QED) is 0.677. The summed E-state index contributed by atoms with van der Waals surface area (Å²) in [5.74, 6) is 2.35. The third-order valence-electron chi connectivity index (χ3n) is 5.45. The van der Waals surface area contributed by atoms with E-state index in [1.54, 1.807) is 7.11 Å². The Bertz CT molecular complexity index is 1150. The van der Waals surface area contributed by atoms with Gasteiger partial charge in [-0.3, -0.25) is 4.79 Å². The zero-order valence-corrected chi connectivity index (χ0v) is 17.7. The van der Waals surface area contributed by atoms with Gasteiger partial charge in [0.2, 0.25) is 5.52 Å². The number of halogens is 1. The Balaban J connectivity index is 0.00000218. The molecule has 0 fully saturated rings. The molecule has 30 heavy (non-hydrogen) atoms. The van der Waals surface area contributed by atoms with Crippen LogP contribution in [-0.2, 0) is 6.42 Å².